The number of benzene rings is 2. The number of rotatable bonds is 7. The van der Waals surface area contributed by atoms with E-state index in [1.54, 1.807) is 36.2 Å². The van der Waals surface area contributed by atoms with Crippen LogP contribution in [0.15, 0.2) is 36.4 Å². The predicted molar refractivity (Wildman–Crippen MR) is 109 cm³/mol. The Morgan fingerprint density at radius 1 is 1.11 bits per heavy atom. The van der Waals surface area contributed by atoms with Crippen molar-refractivity contribution in [2.45, 2.75) is 0 Å². The number of likely N-dealkylation sites (N-methyl/N-ethyl adjacent to an activating group) is 1. The van der Waals surface area contributed by atoms with Crippen molar-refractivity contribution < 1.29 is 14.3 Å². The van der Waals surface area contributed by atoms with Crippen LogP contribution in [0, 0.1) is 11.3 Å². The largest absolute Gasteiger partial charge is 0.495 e. The van der Waals surface area contributed by atoms with Crippen LogP contribution in [0.1, 0.15) is 5.56 Å². The van der Waals surface area contributed by atoms with E-state index in [-0.39, 0.29) is 29.9 Å². The fraction of sp³-hybridized carbons (Fsp3) is 0.211. The highest BCUT2D eigenvalue weighted by Gasteiger charge is 2.14. The molecule has 0 bridgehead atoms. The van der Waals surface area contributed by atoms with Crippen LogP contribution >= 0.6 is 23.2 Å². The van der Waals surface area contributed by atoms with E-state index in [1.807, 2.05) is 6.07 Å². The molecule has 0 radical (unpaired) electrons. The number of amides is 2. The highest BCUT2D eigenvalue weighted by Crippen LogP contribution is 2.27. The average molecular weight is 421 g/mol. The zero-order chi connectivity index (χ0) is 20.7. The second-order valence-corrected chi connectivity index (χ2v) is 6.76. The van der Waals surface area contributed by atoms with Gasteiger partial charge in [0.15, 0.2) is 0 Å². The minimum atomic E-state index is -0.323. The first kappa shape index (κ1) is 21.5. The van der Waals surface area contributed by atoms with Gasteiger partial charge in [0.05, 0.1) is 36.5 Å². The molecule has 0 aliphatic rings. The zero-order valence-electron chi connectivity index (χ0n) is 15.3. The fourth-order valence-corrected chi connectivity index (χ4v) is 2.79. The molecule has 0 atom stereocenters. The number of nitrogens with one attached hydrogen (secondary N) is 2. The van der Waals surface area contributed by atoms with Gasteiger partial charge in [-0.05, 0) is 43.4 Å². The van der Waals surface area contributed by atoms with Crippen molar-refractivity contribution in [3.8, 4) is 11.8 Å². The van der Waals surface area contributed by atoms with Crippen molar-refractivity contribution >= 4 is 46.4 Å². The van der Waals surface area contributed by atoms with E-state index in [1.165, 1.54) is 19.2 Å². The van der Waals surface area contributed by atoms with Gasteiger partial charge in [-0.25, -0.2) is 0 Å². The maximum atomic E-state index is 12.2. The molecule has 7 nitrogen and oxygen atoms in total. The summed E-state index contributed by atoms with van der Waals surface area (Å²) < 4.78 is 5.18. The topological polar surface area (TPSA) is 94.5 Å². The Kier molecular flexibility index (Phi) is 7.64. The van der Waals surface area contributed by atoms with Crippen molar-refractivity contribution in [2.75, 3.05) is 37.9 Å². The standard InChI is InChI=1S/C19H18Cl2N4O3/c1-25(10-18(26)23-14-5-3-12(9-22)15(21)8-14)11-19(27)24-16-7-13(20)4-6-17(16)28-2/h3-8H,10-11H2,1-2H3,(H,23,26)(H,24,27). The van der Waals surface area contributed by atoms with Gasteiger partial charge in [-0.2, -0.15) is 5.26 Å². The maximum Gasteiger partial charge on any atom is 0.238 e. The number of nitriles is 1. The van der Waals surface area contributed by atoms with E-state index in [0.717, 1.165) is 0 Å². The minimum Gasteiger partial charge on any atom is -0.495 e. The first-order valence-electron chi connectivity index (χ1n) is 8.14. The smallest absolute Gasteiger partial charge is 0.238 e. The molecule has 146 valence electrons. The summed E-state index contributed by atoms with van der Waals surface area (Å²) in [6, 6.07) is 11.4. The third-order valence-electron chi connectivity index (χ3n) is 3.64. The SMILES string of the molecule is COc1ccc(Cl)cc1NC(=O)CN(C)CC(=O)Nc1ccc(C#N)c(Cl)c1. The average Bonchev–Trinajstić information content (AvgIpc) is 2.61. The molecule has 2 rings (SSSR count). The van der Waals surface area contributed by atoms with Crippen molar-refractivity contribution in [3.05, 3.63) is 52.0 Å². The molecule has 28 heavy (non-hydrogen) atoms. The summed E-state index contributed by atoms with van der Waals surface area (Å²) in [7, 11) is 3.13. The number of halogens is 2. The monoisotopic (exact) mass is 420 g/mol. The van der Waals surface area contributed by atoms with Crippen molar-refractivity contribution in [3.63, 3.8) is 0 Å². The number of carbonyl (C=O) groups excluding carboxylic acids is 2. The zero-order valence-corrected chi connectivity index (χ0v) is 16.8. The summed E-state index contributed by atoms with van der Waals surface area (Å²) in [5.74, 6) is -0.162. The van der Waals surface area contributed by atoms with Gasteiger partial charge in [-0.15, -0.1) is 0 Å². The number of methoxy groups -OCH3 is 1. The molecule has 0 aliphatic carbocycles. The van der Waals surface area contributed by atoms with Gasteiger partial charge in [-0.3, -0.25) is 14.5 Å². The predicted octanol–water partition coefficient (Wildman–Crippen LogP) is 3.38. The van der Waals surface area contributed by atoms with Gasteiger partial charge in [0.1, 0.15) is 11.8 Å². The molecule has 0 spiro atoms. The normalized spacial score (nSPS) is 10.3. The number of nitrogens with zero attached hydrogens (tertiary/aromatic N) is 2. The Labute approximate surface area is 172 Å². The van der Waals surface area contributed by atoms with Crippen molar-refractivity contribution in [1.29, 1.82) is 5.26 Å². The lowest BCUT2D eigenvalue weighted by atomic mass is 10.2. The third-order valence-corrected chi connectivity index (χ3v) is 4.18. The Morgan fingerprint density at radius 2 is 1.79 bits per heavy atom. The lowest BCUT2D eigenvalue weighted by Crippen LogP contribution is -2.36. The van der Waals surface area contributed by atoms with Gasteiger partial charge in [0.2, 0.25) is 11.8 Å². The molecule has 2 aromatic rings. The number of anilines is 2. The molecule has 2 aromatic carbocycles. The highest BCUT2D eigenvalue weighted by atomic mass is 35.5. The summed E-state index contributed by atoms with van der Waals surface area (Å²) in [5.41, 5.74) is 1.24. The lowest BCUT2D eigenvalue weighted by molar-refractivity contribution is -0.119. The molecule has 0 unspecified atom stereocenters. The second kappa shape index (κ2) is 9.95. The number of hydrogen-bond donors (Lipinski definition) is 2. The molecule has 0 saturated heterocycles. The summed E-state index contributed by atoms with van der Waals surface area (Å²) in [6.07, 6.45) is 0. The molecule has 2 amide bonds. The quantitative estimate of drug-likeness (QED) is 0.715. The van der Waals surface area contributed by atoms with Crippen molar-refractivity contribution in [2.24, 2.45) is 0 Å². The van der Waals surface area contributed by atoms with Crippen LogP contribution in [0.5, 0.6) is 5.75 Å². The van der Waals surface area contributed by atoms with Gasteiger partial charge in [0, 0.05) is 10.7 Å². The van der Waals surface area contributed by atoms with Crippen LogP contribution in [0.3, 0.4) is 0 Å². The van der Waals surface area contributed by atoms with Crippen molar-refractivity contribution in [1.82, 2.24) is 4.90 Å². The molecule has 0 saturated carbocycles. The van der Waals surface area contributed by atoms with Gasteiger partial charge >= 0.3 is 0 Å². The van der Waals surface area contributed by atoms with E-state index in [0.29, 0.717) is 27.7 Å². The summed E-state index contributed by atoms with van der Waals surface area (Å²) in [6.45, 7) is -0.0328. The molecule has 2 N–H and O–H groups in total. The van der Waals surface area contributed by atoms with E-state index < -0.39 is 0 Å². The number of carbonyl (C=O) groups is 2. The number of hydrogen-bond acceptors (Lipinski definition) is 5. The van der Waals surface area contributed by atoms with E-state index in [2.05, 4.69) is 10.6 Å². The lowest BCUT2D eigenvalue weighted by Gasteiger charge is -2.17. The Balaban J connectivity index is 1.89. The highest BCUT2D eigenvalue weighted by molar-refractivity contribution is 6.32. The van der Waals surface area contributed by atoms with Gasteiger partial charge in [-0.1, -0.05) is 23.2 Å². The van der Waals surface area contributed by atoms with Gasteiger partial charge < -0.3 is 15.4 Å². The van der Waals surface area contributed by atoms with E-state index in [9.17, 15) is 9.59 Å². The van der Waals surface area contributed by atoms with Crippen LogP contribution in [-0.2, 0) is 9.59 Å². The third kappa shape index (κ3) is 6.13. The molecular weight excluding hydrogens is 403 g/mol. The first-order valence-corrected chi connectivity index (χ1v) is 8.89. The van der Waals surface area contributed by atoms with Crippen LogP contribution < -0.4 is 15.4 Å². The Morgan fingerprint density at radius 3 is 2.39 bits per heavy atom. The summed E-state index contributed by atoms with van der Waals surface area (Å²) in [5, 5.41) is 15.0. The minimum absolute atomic E-state index is 0.0161. The van der Waals surface area contributed by atoms with Gasteiger partial charge in [0.25, 0.3) is 0 Å². The van der Waals surface area contributed by atoms with E-state index in [4.69, 9.17) is 33.2 Å². The van der Waals surface area contributed by atoms with Crippen LogP contribution in [0.25, 0.3) is 0 Å². The molecule has 9 heteroatoms. The number of ether oxygens (including phenoxy) is 1. The first-order chi connectivity index (χ1) is 13.3. The molecular formula is C19H18Cl2N4O3. The molecule has 0 aliphatic heterocycles. The molecule has 0 fully saturated rings. The second-order valence-electron chi connectivity index (χ2n) is 5.92. The van der Waals surface area contributed by atoms with Crippen LogP contribution in [0.2, 0.25) is 10.0 Å². The summed E-state index contributed by atoms with van der Waals surface area (Å²) >= 11 is 11.9. The van der Waals surface area contributed by atoms with E-state index >= 15 is 0 Å². The maximum absolute atomic E-state index is 12.2. The Hall–Kier alpha value is -2.79. The molecule has 0 heterocycles. The fourth-order valence-electron chi connectivity index (χ4n) is 2.40. The van der Waals surface area contributed by atoms with Crippen LogP contribution in [-0.4, -0.2) is 44.0 Å². The Bertz CT molecular complexity index is 928. The van der Waals surface area contributed by atoms with Crippen LogP contribution in [0.4, 0.5) is 11.4 Å². The molecule has 0 aromatic heterocycles. The summed E-state index contributed by atoms with van der Waals surface area (Å²) in [4.78, 5) is 25.9.